The summed E-state index contributed by atoms with van der Waals surface area (Å²) >= 11 is 1.20. The Hall–Kier alpha value is -2.93. The van der Waals surface area contributed by atoms with Gasteiger partial charge in [0.2, 0.25) is 0 Å². The third-order valence-electron chi connectivity index (χ3n) is 3.88. The van der Waals surface area contributed by atoms with Crippen molar-refractivity contribution in [1.82, 2.24) is 5.32 Å². The number of halogens is 1. The lowest BCUT2D eigenvalue weighted by Crippen LogP contribution is -2.19. The molecule has 1 fully saturated rings. The van der Waals surface area contributed by atoms with E-state index in [0.717, 1.165) is 18.4 Å². The molecule has 1 amide bonds. The molecule has 1 aliphatic rings. The summed E-state index contributed by atoms with van der Waals surface area (Å²) in [5.41, 5.74) is 1.79. The number of aliphatic imine (C=N–C) groups is 1. The maximum atomic E-state index is 13.0. The van der Waals surface area contributed by atoms with E-state index in [-0.39, 0.29) is 17.7 Å². The van der Waals surface area contributed by atoms with Crippen molar-refractivity contribution in [3.8, 4) is 0 Å². The Balaban J connectivity index is 1.66. The van der Waals surface area contributed by atoms with E-state index >= 15 is 0 Å². The van der Waals surface area contributed by atoms with Gasteiger partial charge in [-0.15, -0.1) is 0 Å². The van der Waals surface area contributed by atoms with Crippen LogP contribution in [-0.4, -0.2) is 23.7 Å². The van der Waals surface area contributed by atoms with Gasteiger partial charge in [0.05, 0.1) is 22.8 Å². The minimum absolute atomic E-state index is 0.260. The number of rotatable bonds is 6. The van der Waals surface area contributed by atoms with Crippen LogP contribution in [0.3, 0.4) is 0 Å². The predicted octanol–water partition coefficient (Wildman–Crippen LogP) is 4.67. The molecule has 1 N–H and O–H groups in total. The third-order valence-corrected chi connectivity index (χ3v) is 4.79. The van der Waals surface area contributed by atoms with Crippen molar-refractivity contribution in [2.45, 2.75) is 19.8 Å². The molecule has 0 unspecified atom stereocenters. The van der Waals surface area contributed by atoms with Gasteiger partial charge in [0, 0.05) is 0 Å². The Morgan fingerprint density at radius 1 is 1.18 bits per heavy atom. The zero-order chi connectivity index (χ0) is 19.9. The van der Waals surface area contributed by atoms with Gasteiger partial charge in [0.15, 0.2) is 5.17 Å². The minimum Gasteiger partial charge on any atom is -0.462 e. The lowest BCUT2D eigenvalue weighted by molar-refractivity contribution is -0.115. The molecule has 1 aliphatic heterocycles. The topological polar surface area (TPSA) is 67.8 Å². The average Bonchev–Trinajstić information content (AvgIpc) is 3.03. The van der Waals surface area contributed by atoms with Gasteiger partial charge in [-0.1, -0.05) is 25.5 Å². The lowest BCUT2D eigenvalue weighted by atomic mass is 10.2. The maximum absolute atomic E-state index is 13.0. The van der Waals surface area contributed by atoms with E-state index in [9.17, 15) is 14.0 Å². The summed E-state index contributed by atoms with van der Waals surface area (Å²) in [6.45, 7) is 2.44. The second kappa shape index (κ2) is 9.32. The second-order valence-electron chi connectivity index (χ2n) is 6.07. The van der Waals surface area contributed by atoms with Crippen molar-refractivity contribution >= 4 is 40.6 Å². The van der Waals surface area contributed by atoms with E-state index in [1.54, 1.807) is 42.5 Å². The van der Waals surface area contributed by atoms with Crippen LogP contribution in [0.25, 0.3) is 6.08 Å². The maximum Gasteiger partial charge on any atom is 0.338 e. The van der Waals surface area contributed by atoms with Gasteiger partial charge in [-0.05, 0) is 66.2 Å². The lowest BCUT2D eigenvalue weighted by Gasteiger charge is -2.04. The molecule has 5 nitrogen and oxygen atoms in total. The number of hydrogen-bond acceptors (Lipinski definition) is 5. The number of amidine groups is 1. The molecule has 0 aromatic heterocycles. The number of carbonyl (C=O) groups is 2. The van der Waals surface area contributed by atoms with Crippen LogP contribution in [0.2, 0.25) is 0 Å². The molecular weight excluding hydrogens is 379 g/mol. The fraction of sp³-hybridized carbons (Fsp3) is 0.190. The molecule has 144 valence electrons. The Bertz CT molecular complexity index is 922. The highest BCUT2D eigenvalue weighted by atomic mass is 32.2. The van der Waals surface area contributed by atoms with Crippen LogP contribution in [0.4, 0.5) is 10.1 Å². The number of esters is 1. The minimum atomic E-state index is -0.360. The Kier molecular flexibility index (Phi) is 6.60. The highest BCUT2D eigenvalue weighted by Crippen LogP contribution is 2.28. The van der Waals surface area contributed by atoms with Crippen molar-refractivity contribution in [2.75, 3.05) is 6.61 Å². The van der Waals surface area contributed by atoms with Gasteiger partial charge >= 0.3 is 5.97 Å². The molecule has 0 aliphatic carbocycles. The van der Waals surface area contributed by atoms with Crippen molar-refractivity contribution in [1.29, 1.82) is 0 Å². The van der Waals surface area contributed by atoms with Gasteiger partial charge < -0.3 is 10.1 Å². The molecule has 0 bridgehead atoms. The van der Waals surface area contributed by atoms with E-state index in [2.05, 4.69) is 10.3 Å². The molecule has 7 heteroatoms. The van der Waals surface area contributed by atoms with Crippen LogP contribution in [0.15, 0.2) is 58.4 Å². The summed E-state index contributed by atoms with van der Waals surface area (Å²) in [7, 11) is 0. The van der Waals surface area contributed by atoms with Crippen molar-refractivity contribution in [2.24, 2.45) is 4.99 Å². The molecule has 28 heavy (non-hydrogen) atoms. The number of thioether (sulfide) groups is 1. The normalized spacial score (nSPS) is 16.4. The number of carbonyl (C=O) groups excluding carboxylic acids is 2. The van der Waals surface area contributed by atoms with Crippen molar-refractivity contribution in [3.63, 3.8) is 0 Å². The van der Waals surface area contributed by atoms with Gasteiger partial charge in [-0.3, -0.25) is 4.79 Å². The first-order valence-corrected chi connectivity index (χ1v) is 9.69. The smallest absolute Gasteiger partial charge is 0.338 e. The zero-order valence-electron chi connectivity index (χ0n) is 15.3. The largest absolute Gasteiger partial charge is 0.462 e. The van der Waals surface area contributed by atoms with Gasteiger partial charge in [0.25, 0.3) is 5.91 Å². The fourth-order valence-corrected chi connectivity index (χ4v) is 3.21. The average molecular weight is 398 g/mol. The Labute approximate surface area is 166 Å². The quantitative estimate of drug-likeness (QED) is 0.436. The first-order chi connectivity index (χ1) is 13.5. The van der Waals surface area contributed by atoms with Gasteiger partial charge in [-0.2, -0.15) is 0 Å². The third kappa shape index (κ3) is 5.29. The van der Waals surface area contributed by atoms with E-state index < -0.39 is 0 Å². The van der Waals surface area contributed by atoms with Crippen LogP contribution in [0.5, 0.6) is 0 Å². The summed E-state index contributed by atoms with van der Waals surface area (Å²) in [5, 5.41) is 3.14. The molecule has 1 heterocycles. The molecule has 0 atom stereocenters. The molecular formula is C21H19FN2O3S. The summed E-state index contributed by atoms with van der Waals surface area (Å²) in [6, 6.07) is 12.6. The highest BCUT2D eigenvalue weighted by molar-refractivity contribution is 8.18. The first kappa shape index (κ1) is 19.8. The highest BCUT2D eigenvalue weighted by Gasteiger charge is 2.23. The molecule has 0 radical (unpaired) electrons. The van der Waals surface area contributed by atoms with E-state index in [0.29, 0.717) is 27.9 Å². The number of nitrogens with zero attached hydrogens (tertiary/aromatic N) is 1. The summed E-state index contributed by atoms with van der Waals surface area (Å²) < 4.78 is 18.2. The van der Waals surface area contributed by atoms with Crippen LogP contribution in [0.1, 0.15) is 35.7 Å². The van der Waals surface area contributed by atoms with Crippen molar-refractivity contribution in [3.05, 3.63) is 70.4 Å². The van der Waals surface area contributed by atoms with Crippen LogP contribution in [-0.2, 0) is 9.53 Å². The standard InChI is InChI=1S/C21H19FN2O3S/c1-2-3-12-27-20(26)15-6-10-17(11-7-15)23-21-24-19(25)18(28-21)13-14-4-8-16(22)9-5-14/h4-11,13H,2-3,12H2,1H3,(H,23,24,25)/b18-13-. The van der Waals surface area contributed by atoms with Gasteiger partial charge in [-0.25, -0.2) is 14.2 Å². The zero-order valence-corrected chi connectivity index (χ0v) is 16.1. The number of unbranched alkanes of at least 4 members (excludes halogenated alkanes) is 1. The number of nitrogens with one attached hydrogen (secondary N) is 1. The fourth-order valence-electron chi connectivity index (χ4n) is 2.37. The van der Waals surface area contributed by atoms with E-state index in [1.165, 1.54) is 23.9 Å². The molecule has 2 aromatic rings. The molecule has 1 saturated heterocycles. The first-order valence-electron chi connectivity index (χ1n) is 8.87. The summed E-state index contributed by atoms with van der Waals surface area (Å²) in [6.07, 6.45) is 3.48. The number of benzene rings is 2. The molecule has 3 rings (SSSR count). The number of amides is 1. The number of ether oxygens (including phenoxy) is 1. The molecule has 2 aromatic carbocycles. The number of hydrogen-bond donors (Lipinski definition) is 1. The monoisotopic (exact) mass is 398 g/mol. The molecule has 0 spiro atoms. The van der Waals surface area contributed by atoms with Crippen LogP contribution < -0.4 is 5.32 Å². The van der Waals surface area contributed by atoms with E-state index in [4.69, 9.17) is 4.74 Å². The van der Waals surface area contributed by atoms with Crippen molar-refractivity contribution < 1.29 is 18.7 Å². The van der Waals surface area contributed by atoms with E-state index in [1.807, 2.05) is 6.92 Å². The molecule has 0 saturated carbocycles. The Morgan fingerprint density at radius 3 is 2.57 bits per heavy atom. The second-order valence-corrected chi connectivity index (χ2v) is 7.10. The summed E-state index contributed by atoms with van der Waals surface area (Å²) in [5.74, 6) is -0.949. The van der Waals surface area contributed by atoms with Crippen LogP contribution >= 0.6 is 11.8 Å². The SMILES string of the molecule is CCCCOC(=O)c1ccc(N=C2NC(=O)/C(=C/c3ccc(F)cc3)S2)cc1. The summed E-state index contributed by atoms with van der Waals surface area (Å²) in [4.78, 5) is 28.9. The Morgan fingerprint density at radius 2 is 1.89 bits per heavy atom. The van der Waals surface area contributed by atoms with Gasteiger partial charge in [0.1, 0.15) is 5.82 Å². The predicted molar refractivity (Wildman–Crippen MR) is 109 cm³/mol. The van der Waals surface area contributed by atoms with Crippen LogP contribution in [0, 0.1) is 5.82 Å².